The maximum Gasteiger partial charge on any atom is 0.322 e. The molecule has 0 fully saturated rings. The van der Waals surface area contributed by atoms with E-state index < -0.39 is 6.04 Å². The van der Waals surface area contributed by atoms with Crippen molar-refractivity contribution in [2.24, 2.45) is 11.7 Å². The summed E-state index contributed by atoms with van der Waals surface area (Å²) < 4.78 is 4.83. The Morgan fingerprint density at radius 1 is 1.47 bits per heavy atom. The zero-order valence-electron chi connectivity index (χ0n) is 9.99. The lowest BCUT2D eigenvalue weighted by Gasteiger charge is -2.11. The molecule has 0 spiro atoms. The lowest BCUT2D eigenvalue weighted by Crippen LogP contribution is -2.32. The van der Waals surface area contributed by atoms with E-state index >= 15 is 0 Å². The topological polar surface area (TPSA) is 52.3 Å². The highest BCUT2D eigenvalue weighted by Gasteiger charge is 2.13. The first kappa shape index (κ1) is 14.8. The van der Waals surface area contributed by atoms with Gasteiger partial charge in [0, 0.05) is 0 Å². The number of thioether (sulfide) groups is 1. The second-order valence-corrected chi connectivity index (χ2v) is 4.89. The molecule has 0 aliphatic heterocycles. The van der Waals surface area contributed by atoms with Gasteiger partial charge in [-0.3, -0.25) is 4.79 Å². The Kier molecular flexibility index (Phi) is 8.91. The Balaban J connectivity index is 3.46. The highest BCUT2D eigenvalue weighted by Crippen LogP contribution is 2.12. The highest BCUT2D eigenvalue weighted by molar-refractivity contribution is 7.99. The average molecular weight is 233 g/mol. The van der Waals surface area contributed by atoms with E-state index in [0.717, 1.165) is 17.4 Å². The van der Waals surface area contributed by atoms with Gasteiger partial charge in [0.2, 0.25) is 0 Å². The van der Waals surface area contributed by atoms with Crippen LogP contribution in [0.2, 0.25) is 0 Å². The van der Waals surface area contributed by atoms with Crippen LogP contribution in [0.4, 0.5) is 0 Å². The van der Waals surface area contributed by atoms with Gasteiger partial charge in [-0.05, 0) is 30.8 Å². The van der Waals surface area contributed by atoms with Crippen LogP contribution in [0.15, 0.2) is 0 Å². The third-order valence-corrected chi connectivity index (χ3v) is 3.59. The molecule has 0 aromatic carbocycles. The Morgan fingerprint density at radius 3 is 2.67 bits per heavy atom. The van der Waals surface area contributed by atoms with Gasteiger partial charge in [-0.2, -0.15) is 11.8 Å². The number of carbonyl (C=O) groups is 1. The van der Waals surface area contributed by atoms with Crippen molar-refractivity contribution >= 4 is 17.7 Å². The van der Waals surface area contributed by atoms with Crippen LogP contribution in [-0.2, 0) is 9.53 Å². The van der Waals surface area contributed by atoms with E-state index in [0.29, 0.717) is 13.0 Å². The van der Waals surface area contributed by atoms with E-state index in [-0.39, 0.29) is 5.97 Å². The van der Waals surface area contributed by atoms with Crippen molar-refractivity contribution in [3.05, 3.63) is 0 Å². The highest BCUT2D eigenvalue weighted by atomic mass is 32.2. The van der Waals surface area contributed by atoms with Crippen LogP contribution in [0.5, 0.6) is 0 Å². The number of rotatable bonds is 8. The number of esters is 1. The Labute approximate surface area is 97.1 Å². The number of nitrogens with two attached hydrogens (primary N) is 1. The van der Waals surface area contributed by atoms with E-state index in [2.05, 4.69) is 13.8 Å². The first-order valence-electron chi connectivity index (χ1n) is 5.61. The van der Waals surface area contributed by atoms with Crippen molar-refractivity contribution in [2.75, 3.05) is 18.1 Å². The van der Waals surface area contributed by atoms with Crippen LogP contribution in [0.1, 0.15) is 33.6 Å². The van der Waals surface area contributed by atoms with Crippen molar-refractivity contribution in [1.82, 2.24) is 0 Å². The number of hydrogen-bond donors (Lipinski definition) is 1. The fraction of sp³-hybridized carbons (Fsp3) is 0.909. The maximum absolute atomic E-state index is 11.2. The van der Waals surface area contributed by atoms with Crippen LogP contribution < -0.4 is 5.73 Å². The lowest BCUT2D eigenvalue weighted by molar-refractivity contribution is -0.144. The molecule has 0 aromatic rings. The second-order valence-electron chi connectivity index (χ2n) is 3.74. The predicted molar refractivity (Wildman–Crippen MR) is 66.0 cm³/mol. The fourth-order valence-electron chi connectivity index (χ4n) is 0.980. The predicted octanol–water partition coefficient (Wildman–Crippen LogP) is 2.05. The third kappa shape index (κ3) is 7.68. The third-order valence-electron chi connectivity index (χ3n) is 2.26. The van der Waals surface area contributed by atoms with Crippen LogP contribution >= 0.6 is 11.8 Å². The minimum Gasteiger partial charge on any atom is -0.465 e. The van der Waals surface area contributed by atoms with Gasteiger partial charge in [-0.15, -0.1) is 0 Å². The van der Waals surface area contributed by atoms with Crippen LogP contribution in [-0.4, -0.2) is 30.1 Å². The summed E-state index contributed by atoms with van der Waals surface area (Å²) in [6, 6.07) is -0.450. The second kappa shape index (κ2) is 9.04. The molecule has 0 radical (unpaired) electrons. The summed E-state index contributed by atoms with van der Waals surface area (Å²) >= 11 is 1.86. The molecule has 0 bridgehead atoms. The molecule has 4 heteroatoms. The van der Waals surface area contributed by atoms with E-state index in [1.165, 1.54) is 6.42 Å². The van der Waals surface area contributed by atoms with Gasteiger partial charge in [-0.1, -0.05) is 20.3 Å². The zero-order chi connectivity index (χ0) is 11.7. The minimum absolute atomic E-state index is 0.276. The SMILES string of the molecule is CCOC(=O)C(N)CCSCC(C)CC. The molecule has 0 amide bonds. The van der Waals surface area contributed by atoms with Crippen LogP contribution in [0, 0.1) is 5.92 Å². The fourth-order valence-corrected chi connectivity index (χ4v) is 2.21. The van der Waals surface area contributed by atoms with Crippen LogP contribution in [0.25, 0.3) is 0 Å². The molecule has 0 aromatic heterocycles. The summed E-state index contributed by atoms with van der Waals surface area (Å²) in [7, 11) is 0. The molecule has 15 heavy (non-hydrogen) atoms. The van der Waals surface area contributed by atoms with Gasteiger partial charge in [-0.25, -0.2) is 0 Å². The Hall–Kier alpha value is -0.220. The molecule has 90 valence electrons. The van der Waals surface area contributed by atoms with E-state index in [1.807, 2.05) is 11.8 Å². The molecule has 2 unspecified atom stereocenters. The molecule has 0 heterocycles. The van der Waals surface area contributed by atoms with E-state index in [9.17, 15) is 4.79 Å². The number of carbonyl (C=O) groups excluding carboxylic acids is 1. The first-order chi connectivity index (χ1) is 7.11. The quantitative estimate of drug-likeness (QED) is 0.515. The molecule has 2 N–H and O–H groups in total. The Bertz CT molecular complexity index is 176. The Morgan fingerprint density at radius 2 is 2.13 bits per heavy atom. The lowest BCUT2D eigenvalue weighted by atomic mass is 10.2. The van der Waals surface area contributed by atoms with Crippen molar-refractivity contribution in [3.63, 3.8) is 0 Å². The van der Waals surface area contributed by atoms with Gasteiger partial charge < -0.3 is 10.5 Å². The van der Waals surface area contributed by atoms with Gasteiger partial charge in [0.1, 0.15) is 6.04 Å². The summed E-state index contributed by atoms with van der Waals surface area (Å²) in [5.74, 6) is 2.55. The minimum atomic E-state index is -0.450. The molecule has 0 aliphatic rings. The van der Waals surface area contributed by atoms with Gasteiger partial charge in [0.25, 0.3) is 0 Å². The van der Waals surface area contributed by atoms with Gasteiger partial charge in [0.05, 0.1) is 6.61 Å². The molecule has 0 saturated heterocycles. The molecular formula is C11H23NO2S. The molecule has 3 nitrogen and oxygen atoms in total. The van der Waals surface area contributed by atoms with Crippen LogP contribution in [0.3, 0.4) is 0 Å². The number of hydrogen-bond acceptors (Lipinski definition) is 4. The summed E-state index contributed by atoms with van der Waals surface area (Å²) in [5.41, 5.74) is 5.66. The van der Waals surface area contributed by atoms with Crippen molar-refractivity contribution < 1.29 is 9.53 Å². The number of ether oxygens (including phenoxy) is 1. The summed E-state index contributed by atoms with van der Waals surface area (Å²) in [4.78, 5) is 11.2. The largest absolute Gasteiger partial charge is 0.465 e. The monoisotopic (exact) mass is 233 g/mol. The van der Waals surface area contributed by atoms with E-state index in [4.69, 9.17) is 10.5 Å². The normalized spacial score (nSPS) is 14.7. The summed E-state index contributed by atoms with van der Waals surface area (Å²) in [6.07, 6.45) is 1.91. The molecule has 0 aliphatic carbocycles. The standard InChI is InChI=1S/C11H23NO2S/c1-4-9(3)8-15-7-6-10(12)11(13)14-5-2/h9-10H,4-8,12H2,1-3H3. The van der Waals surface area contributed by atoms with Crippen molar-refractivity contribution in [2.45, 2.75) is 39.7 Å². The summed E-state index contributed by atoms with van der Waals surface area (Å²) in [6.45, 7) is 6.63. The van der Waals surface area contributed by atoms with Crippen molar-refractivity contribution in [3.8, 4) is 0 Å². The average Bonchev–Trinajstić information content (AvgIpc) is 2.23. The van der Waals surface area contributed by atoms with Gasteiger partial charge >= 0.3 is 5.97 Å². The molecule has 2 atom stereocenters. The van der Waals surface area contributed by atoms with Gasteiger partial charge in [0.15, 0.2) is 0 Å². The summed E-state index contributed by atoms with van der Waals surface area (Å²) in [5, 5.41) is 0. The van der Waals surface area contributed by atoms with Crippen molar-refractivity contribution in [1.29, 1.82) is 0 Å². The smallest absolute Gasteiger partial charge is 0.322 e. The maximum atomic E-state index is 11.2. The molecule has 0 rings (SSSR count). The molecular weight excluding hydrogens is 210 g/mol. The first-order valence-corrected chi connectivity index (χ1v) is 6.77. The molecule has 0 saturated carbocycles. The van der Waals surface area contributed by atoms with E-state index in [1.54, 1.807) is 6.92 Å². The zero-order valence-corrected chi connectivity index (χ0v) is 10.8.